The van der Waals surface area contributed by atoms with Crippen molar-refractivity contribution in [3.63, 3.8) is 0 Å². The summed E-state index contributed by atoms with van der Waals surface area (Å²) < 4.78 is 14.0. The molecule has 8 unspecified atom stereocenters. The number of anilines is 1. The highest BCUT2D eigenvalue weighted by Gasteiger charge is 2.39. The second-order valence-electron chi connectivity index (χ2n) is 21.4. The molecule has 0 saturated carbocycles. The molecule has 8 N–H and O–H groups in total. The number of nitrogens with two attached hydrogens (primary N) is 1. The van der Waals surface area contributed by atoms with Crippen LogP contribution in [0.5, 0.6) is 0 Å². The van der Waals surface area contributed by atoms with Gasteiger partial charge in [0.05, 0.1) is 55.9 Å². The van der Waals surface area contributed by atoms with E-state index in [9.17, 15) is 33.6 Å². The monoisotopic (exact) mass is 1200 g/mol. The Kier molecular flexibility index (Phi) is 67.0. The molecule has 0 aromatic heterocycles. The molecule has 2 rings (SSSR count). The van der Waals surface area contributed by atoms with Crippen molar-refractivity contribution in [1.29, 1.82) is 0 Å². The SMILES string of the molecule is CC(C)C(C=O)N(C)C.CCC.CCC(C)C(C(CC(=O)N1CCCC1C(OC)C(C)C)OC)N(C)C(=O)CNC.CCC(C)CCCCC=O.CCCNC.CNC(C(=O)NCC=O)C(C)C.CNc1ccc(SNC=O)cc1.NC=O. The molecule has 0 radical (unpaired) electrons. The topological polar surface area (TPSA) is 263 Å². The molecule has 1 aliphatic heterocycles. The highest BCUT2D eigenvalue weighted by Crippen LogP contribution is 2.29. The summed E-state index contributed by atoms with van der Waals surface area (Å²) in [5.41, 5.74) is 5.23. The number of nitrogens with zero attached hydrogens (tertiary/aromatic N) is 3. The smallest absolute Gasteiger partial charge is 0.237 e. The Balaban J connectivity index is -0.000000230. The zero-order valence-corrected chi connectivity index (χ0v) is 56.9. The third-order valence-electron chi connectivity index (χ3n) is 13.3. The minimum absolute atomic E-state index is 0.00519. The Morgan fingerprint density at radius 3 is 1.72 bits per heavy atom. The Morgan fingerprint density at radius 1 is 0.795 bits per heavy atom. The first-order valence-electron chi connectivity index (χ1n) is 30.0. The quantitative estimate of drug-likeness (QED) is 0.0206. The fraction of sp³-hybridized carbons (Fsp3) is 0.774. The van der Waals surface area contributed by atoms with Crippen molar-refractivity contribution in [3.05, 3.63) is 24.3 Å². The zero-order valence-electron chi connectivity index (χ0n) is 56.1. The summed E-state index contributed by atoms with van der Waals surface area (Å²) in [6, 6.07) is 7.59. The van der Waals surface area contributed by atoms with E-state index in [1.54, 1.807) is 33.2 Å². The van der Waals surface area contributed by atoms with Gasteiger partial charge in [-0.05, 0) is 133 Å². The molecule has 20 nitrogen and oxygen atoms in total. The van der Waals surface area contributed by atoms with Crippen molar-refractivity contribution in [1.82, 2.24) is 40.7 Å². The average molecular weight is 1200 g/mol. The first-order chi connectivity index (χ1) is 39.4. The van der Waals surface area contributed by atoms with Gasteiger partial charge in [-0.15, -0.1) is 0 Å². The predicted molar refractivity (Wildman–Crippen MR) is 346 cm³/mol. The molecule has 0 spiro atoms. The van der Waals surface area contributed by atoms with Gasteiger partial charge in [-0.1, -0.05) is 122 Å². The summed E-state index contributed by atoms with van der Waals surface area (Å²) in [4.78, 5) is 92.5. The number of carbonyl (C=O) groups is 8. The summed E-state index contributed by atoms with van der Waals surface area (Å²) in [5, 5.41) is 14.3. The maximum Gasteiger partial charge on any atom is 0.237 e. The fourth-order valence-electron chi connectivity index (χ4n) is 8.48. The lowest BCUT2D eigenvalue weighted by atomic mass is 9.90. The lowest BCUT2D eigenvalue weighted by Crippen LogP contribution is -2.53. The Hall–Kier alpha value is -4.51. The average Bonchev–Trinajstić information content (AvgIpc) is 3.94. The predicted octanol–water partition coefficient (Wildman–Crippen LogP) is 7.87. The zero-order chi connectivity index (χ0) is 65.3. The number of amides is 5. The molecule has 488 valence electrons. The Bertz CT molecular complexity index is 1690. The molecule has 83 heavy (non-hydrogen) atoms. The third-order valence-corrected chi connectivity index (χ3v) is 14.0. The van der Waals surface area contributed by atoms with Gasteiger partial charge in [-0.25, -0.2) is 0 Å². The molecule has 1 saturated heterocycles. The summed E-state index contributed by atoms with van der Waals surface area (Å²) in [6.45, 7) is 29.6. The number of likely N-dealkylation sites (N-methyl/N-ethyl adjacent to an activating group) is 4. The first kappa shape index (κ1) is 89.7. The Labute approximate surface area is 510 Å². The first-order valence-corrected chi connectivity index (χ1v) is 30.8. The normalized spacial score (nSPS) is 14.5. The number of hydrogen-bond acceptors (Lipinski definition) is 16. The second kappa shape index (κ2) is 62.0. The molecule has 0 aliphatic carbocycles. The number of carbonyl (C=O) groups excluding carboxylic acids is 8. The van der Waals surface area contributed by atoms with Crippen molar-refractivity contribution in [2.75, 3.05) is 95.0 Å². The van der Waals surface area contributed by atoms with Crippen LogP contribution in [0.2, 0.25) is 0 Å². The number of primary amides is 1. The van der Waals surface area contributed by atoms with E-state index < -0.39 is 0 Å². The van der Waals surface area contributed by atoms with Crippen LogP contribution in [0.4, 0.5) is 5.69 Å². The van der Waals surface area contributed by atoms with Crippen molar-refractivity contribution < 1.29 is 47.8 Å². The van der Waals surface area contributed by atoms with Gasteiger partial charge in [0.2, 0.25) is 30.5 Å². The maximum atomic E-state index is 13.3. The summed E-state index contributed by atoms with van der Waals surface area (Å²) in [6.07, 6.45) is 14.5. The lowest BCUT2D eigenvalue weighted by molar-refractivity contribution is -0.144. The number of ether oxygens (including phenoxy) is 2. The highest BCUT2D eigenvalue weighted by atomic mass is 32.2. The number of aldehydes is 3. The summed E-state index contributed by atoms with van der Waals surface area (Å²) >= 11 is 1.29. The molecule has 1 aromatic carbocycles. The van der Waals surface area contributed by atoms with Crippen LogP contribution in [0.25, 0.3) is 0 Å². The lowest BCUT2D eigenvalue weighted by Gasteiger charge is -2.39. The fourth-order valence-corrected chi connectivity index (χ4v) is 8.94. The molecule has 21 heteroatoms. The Morgan fingerprint density at radius 2 is 1.37 bits per heavy atom. The number of hydrogen-bond donors (Lipinski definition) is 7. The number of likely N-dealkylation sites (tertiary alicyclic amines) is 1. The third kappa shape index (κ3) is 47.4. The minimum atomic E-state index is -0.343. The van der Waals surface area contributed by atoms with E-state index in [0.29, 0.717) is 24.5 Å². The van der Waals surface area contributed by atoms with E-state index in [1.165, 1.54) is 44.1 Å². The van der Waals surface area contributed by atoms with E-state index in [0.717, 1.165) is 74.3 Å². The van der Waals surface area contributed by atoms with Gasteiger partial charge in [0.25, 0.3) is 0 Å². The van der Waals surface area contributed by atoms with Crippen LogP contribution in [0.15, 0.2) is 29.2 Å². The van der Waals surface area contributed by atoms with Crippen LogP contribution in [0, 0.1) is 29.6 Å². The number of rotatable bonds is 32. The maximum absolute atomic E-state index is 13.3. The number of methoxy groups -OCH3 is 2. The van der Waals surface area contributed by atoms with Crippen LogP contribution >= 0.6 is 11.9 Å². The van der Waals surface area contributed by atoms with Crippen LogP contribution < -0.4 is 37.0 Å². The van der Waals surface area contributed by atoms with E-state index in [2.05, 4.69) is 99.4 Å². The van der Waals surface area contributed by atoms with E-state index >= 15 is 0 Å². The molecule has 5 amide bonds. The van der Waals surface area contributed by atoms with Gasteiger partial charge in [-0.3, -0.25) is 33.6 Å². The molecular formula is C62H124N10O10S. The van der Waals surface area contributed by atoms with Crippen molar-refractivity contribution in [2.24, 2.45) is 35.3 Å². The summed E-state index contributed by atoms with van der Waals surface area (Å²) in [7, 11) is 16.3. The van der Waals surface area contributed by atoms with E-state index in [4.69, 9.17) is 14.3 Å². The van der Waals surface area contributed by atoms with Crippen LogP contribution in [-0.2, 0) is 47.8 Å². The van der Waals surface area contributed by atoms with Crippen molar-refractivity contribution >= 4 is 67.0 Å². The van der Waals surface area contributed by atoms with Gasteiger partial charge in [0, 0.05) is 51.9 Å². The molecule has 1 aromatic rings. The summed E-state index contributed by atoms with van der Waals surface area (Å²) in [5.74, 6) is 2.01. The molecule has 1 heterocycles. The van der Waals surface area contributed by atoms with Gasteiger partial charge in [-0.2, -0.15) is 0 Å². The number of unbranched alkanes of at least 4 members (excludes halogenated alkanes) is 2. The second-order valence-corrected chi connectivity index (χ2v) is 22.3. The molecule has 8 atom stereocenters. The molecule has 1 fully saturated rings. The van der Waals surface area contributed by atoms with Crippen molar-refractivity contribution in [2.45, 2.75) is 202 Å². The standard InChI is InChI=1S/C22H43N3O4.C9H18O.C8H16N2O2.C8H10N2OS.C7H15NO.C4H11N.C3H8.CH3NO/c1-9-16(4)21(24(6)20(27)14-23-5)18(28-7)13-19(26)25-12-10-11-17(25)22(29-8)15(2)3;1-3-9(2)7-5-4-6-8-10;1-6(2)7(9-3)8(12)10-4-5-11;1-9-7-2-4-8(5-3-7)12-10-6-11;1-6(2)7(5-9)8(3)4;1-3-4-5-2;1-3-2;2-1-3/h15-18,21-23H,9-14H2,1-8H3;8-9H,3-7H2,1-2H3;5-7,9H,4H2,1-3H3,(H,10,12);2-6,9H,1H3,(H,10,11);5-7H,1-4H3;5H,3-4H2,1-2H3;3H2,1-2H3;1H,(H2,2,3). The highest BCUT2D eigenvalue weighted by molar-refractivity contribution is 7.97. The number of benzene rings is 1. The molecule has 1 aliphatic rings. The van der Waals surface area contributed by atoms with Crippen LogP contribution in [-0.4, -0.2) is 190 Å². The van der Waals surface area contributed by atoms with Gasteiger partial charge in [0.1, 0.15) is 18.9 Å². The van der Waals surface area contributed by atoms with Gasteiger partial charge >= 0.3 is 0 Å². The number of nitrogens with one attached hydrogen (secondary N) is 6. The van der Waals surface area contributed by atoms with Crippen LogP contribution in [0.3, 0.4) is 0 Å². The molecule has 0 bridgehead atoms. The van der Waals surface area contributed by atoms with Crippen LogP contribution in [0.1, 0.15) is 161 Å². The van der Waals surface area contributed by atoms with E-state index in [-0.39, 0.29) is 91.9 Å². The largest absolute Gasteiger partial charge is 0.388 e. The minimum Gasteiger partial charge on any atom is -0.388 e. The van der Waals surface area contributed by atoms with Crippen molar-refractivity contribution in [3.8, 4) is 0 Å². The molecular weight excluding hydrogens is 1080 g/mol. The van der Waals surface area contributed by atoms with Gasteiger partial charge in [0.15, 0.2) is 0 Å². The van der Waals surface area contributed by atoms with E-state index in [1.807, 2.05) is 97.0 Å². The van der Waals surface area contributed by atoms with Gasteiger partial charge < -0.3 is 66.0 Å².